The molecule has 0 aromatic rings. The lowest BCUT2D eigenvalue weighted by Crippen LogP contribution is -2.21. The predicted octanol–water partition coefficient (Wildman–Crippen LogP) is 3.58. The number of hydrogen-bond donors (Lipinski definition) is 2. The zero-order chi connectivity index (χ0) is 20.3. The van der Waals surface area contributed by atoms with Gasteiger partial charge in [-0.3, -0.25) is 4.79 Å². The van der Waals surface area contributed by atoms with Gasteiger partial charge in [-0.2, -0.15) is 0 Å². The number of unbranched alkanes of at least 4 members (excludes halogenated alkanes) is 10. The van der Waals surface area contributed by atoms with E-state index in [1.807, 2.05) is 0 Å². The van der Waals surface area contributed by atoms with Gasteiger partial charge in [-0.05, 0) is 6.42 Å². The molecule has 4 heteroatoms. The zero-order valence-electron chi connectivity index (χ0n) is 18.2. The van der Waals surface area contributed by atoms with E-state index < -0.39 is 25.2 Å². The van der Waals surface area contributed by atoms with Crippen LogP contribution in [0, 0.1) is 0 Å². The van der Waals surface area contributed by atoms with Crippen molar-refractivity contribution in [1.82, 2.24) is 0 Å². The van der Waals surface area contributed by atoms with E-state index in [0.29, 0.717) is 6.42 Å². The highest BCUT2D eigenvalue weighted by molar-refractivity contribution is 5.69. The van der Waals surface area contributed by atoms with Gasteiger partial charge in [0.2, 0.25) is 0 Å². The van der Waals surface area contributed by atoms with Gasteiger partial charge in [-0.1, -0.05) is 71.1 Å². The van der Waals surface area contributed by atoms with Crippen molar-refractivity contribution in [2.24, 2.45) is 0 Å². The average molecular weight is 307 g/mol. The normalized spacial score (nSPS) is 18.7. The highest BCUT2D eigenvalue weighted by Gasteiger charge is 2.07. The lowest BCUT2D eigenvalue weighted by atomic mass is 10.1. The number of hydrogen-bond acceptors (Lipinski definition) is 4. The largest absolute Gasteiger partial charge is 0.463 e. The van der Waals surface area contributed by atoms with Crippen LogP contribution in [-0.4, -0.2) is 35.4 Å². The summed E-state index contributed by atoms with van der Waals surface area (Å²) >= 11 is 0. The van der Waals surface area contributed by atoms with Crippen LogP contribution >= 0.6 is 0 Å². The Morgan fingerprint density at radius 2 is 1.52 bits per heavy atom. The third-order valence-electron chi connectivity index (χ3n) is 3.35. The van der Waals surface area contributed by atoms with Gasteiger partial charge in [0.05, 0.1) is 13.4 Å². The second-order valence-electron chi connectivity index (χ2n) is 5.32. The summed E-state index contributed by atoms with van der Waals surface area (Å²) in [6.45, 7) is -4.74. The molecule has 21 heavy (non-hydrogen) atoms. The van der Waals surface area contributed by atoms with E-state index in [1.165, 1.54) is 38.5 Å². The molecule has 0 aliphatic heterocycles. The van der Waals surface area contributed by atoms with Crippen LogP contribution in [0.2, 0.25) is 0 Å². The number of ether oxygens (including phenoxy) is 1. The van der Waals surface area contributed by atoms with E-state index in [2.05, 4.69) is 11.7 Å². The van der Waals surface area contributed by atoms with Gasteiger partial charge in [0.25, 0.3) is 0 Å². The summed E-state index contributed by atoms with van der Waals surface area (Å²) in [5.41, 5.74) is 0. The van der Waals surface area contributed by atoms with Crippen LogP contribution in [0.15, 0.2) is 0 Å². The monoisotopic (exact) mass is 307 g/mol. The van der Waals surface area contributed by atoms with E-state index in [0.717, 1.165) is 25.7 Å². The molecule has 0 heterocycles. The van der Waals surface area contributed by atoms with Gasteiger partial charge in [-0.15, -0.1) is 0 Å². The minimum absolute atomic E-state index is 0.0823. The van der Waals surface area contributed by atoms with Gasteiger partial charge in [0.1, 0.15) is 12.6 Å². The van der Waals surface area contributed by atoms with Gasteiger partial charge >= 0.3 is 5.97 Å². The molecule has 0 rings (SSSR count). The van der Waals surface area contributed by atoms with Crippen molar-refractivity contribution in [2.45, 2.75) is 90.1 Å². The third-order valence-corrected chi connectivity index (χ3v) is 3.35. The molecule has 4 nitrogen and oxygen atoms in total. The quantitative estimate of drug-likeness (QED) is 0.358. The Morgan fingerprint density at radius 3 is 2.00 bits per heavy atom. The van der Waals surface area contributed by atoms with E-state index in [1.54, 1.807) is 0 Å². The number of carbonyl (C=O) groups is 1. The summed E-state index contributed by atoms with van der Waals surface area (Å²) in [7, 11) is 0. The highest BCUT2D eigenvalue weighted by Crippen LogP contribution is 2.12. The average Bonchev–Trinajstić information content (AvgIpc) is 2.50. The Kier molecular flexibility index (Phi) is 9.68. The Balaban J connectivity index is 3.84. The fraction of sp³-hybridized carbons (Fsp3) is 0.941. The first kappa shape index (κ1) is 12.9. The molecule has 0 fully saturated rings. The SMILES string of the molecule is [2H]C([2H])(O)C([2H])(O)C([2H])([2H])OC(=O)CCCCCCCCCCCCC. The Morgan fingerprint density at radius 1 is 1.05 bits per heavy atom. The van der Waals surface area contributed by atoms with Crippen LogP contribution < -0.4 is 0 Å². The standard InChI is InChI=1S/C17H34O4/c1-2-3-4-5-6-7-8-9-10-11-12-13-17(20)21-15-16(19)14-18/h16,18-19H,2-15H2,1H3/i14D2,15D2,16D. The van der Waals surface area contributed by atoms with Crippen LogP contribution in [-0.2, 0) is 9.53 Å². The van der Waals surface area contributed by atoms with Gasteiger partial charge in [0, 0.05) is 6.42 Å². The van der Waals surface area contributed by atoms with E-state index >= 15 is 0 Å². The molecule has 0 radical (unpaired) electrons. The lowest BCUT2D eigenvalue weighted by molar-refractivity contribution is -0.147. The van der Waals surface area contributed by atoms with Crippen molar-refractivity contribution < 1.29 is 26.6 Å². The molecule has 1 unspecified atom stereocenters. The molecular formula is C17H34O4. The molecule has 0 saturated carbocycles. The molecule has 0 spiro atoms. The maximum atomic E-state index is 11.6. The molecule has 0 aromatic heterocycles. The van der Waals surface area contributed by atoms with Crippen molar-refractivity contribution in [3.8, 4) is 0 Å². The maximum Gasteiger partial charge on any atom is 0.305 e. The van der Waals surface area contributed by atoms with Crippen LogP contribution in [0.5, 0.6) is 0 Å². The summed E-state index contributed by atoms with van der Waals surface area (Å²) in [6.07, 6.45) is 8.42. The van der Waals surface area contributed by atoms with Crippen molar-refractivity contribution in [3.05, 3.63) is 0 Å². The van der Waals surface area contributed by atoms with Crippen molar-refractivity contribution >= 4 is 5.97 Å². The summed E-state index contributed by atoms with van der Waals surface area (Å²) in [5, 5.41) is 18.5. The molecule has 0 amide bonds. The molecule has 0 aliphatic carbocycles. The Labute approximate surface area is 136 Å². The van der Waals surface area contributed by atoms with E-state index in [4.69, 9.17) is 12.0 Å². The molecule has 0 saturated heterocycles. The number of esters is 1. The highest BCUT2D eigenvalue weighted by atomic mass is 16.5. The smallest absolute Gasteiger partial charge is 0.305 e. The van der Waals surface area contributed by atoms with Crippen molar-refractivity contribution in [1.29, 1.82) is 0 Å². The summed E-state index contributed by atoms with van der Waals surface area (Å²) in [4.78, 5) is 11.6. The van der Waals surface area contributed by atoms with Crippen LogP contribution in [0.4, 0.5) is 0 Å². The summed E-state index contributed by atoms with van der Waals surface area (Å²) in [6, 6.07) is 0. The van der Waals surface area contributed by atoms with Crippen LogP contribution in [0.25, 0.3) is 0 Å². The fourth-order valence-corrected chi connectivity index (χ4v) is 2.11. The zero-order valence-corrected chi connectivity index (χ0v) is 13.2. The predicted molar refractivity (Wildman–Crippen MR) is 85.1 cm³/mol. The number of rotatable bonds is 15. The third kappa shape index (κ3) is 15.6. The van der Waals surface area contributed by atoms with E-state index in [9.17, 15) is 9.90 Å². The topological polar surface area (TPSA) is 66.8 Å². The number of carbonyl (C=O) groups excluding carboxylic acids is 1. The summed E-state index contributed by atoms with van der Waals surface area (Å²) < 4.78 is 40.1. The van der Waals surface area contributed by atoms with E-state index in [-0.39, 0.29) is 6.42 Å². The van der Waals surface area contributed by atoms with Crippen LogP contribution in [0.3, 0.4) is 0 Å². The first-order valence-electron chi connectivity index (χ1n) is 10.6. The molecule has 126 valence electrons. The van der Waals surface area contributed by atoms with Crippen molar-refractivity contribution in [3.63, 3.8) is 0 Å². The maximum absolute atomic E-state index is 11.6. The van der Waals surface area contributed by atoms with Gasteiger partial charge < -0.3 is 14.9 Å². The Bertz CT molecular complexity index is 397. The number of aliphatic hydroxyl groups is 2. The second-order valence-corrected chi connectivity index (χ2v) is 5.32. The lowest BCUT2D eigenvalue weighted by Gasteiger charge is -2.08. The minimum atomic E-state index is -3.62. The molecular weight excluding hydrogens is 268 g/mol. The molecule has 2 N–H and O–H groups in total. The first-order valence-corrected chi connectivity index (χ1v) is 8.12. The first-order chi connectivity index (χ1) is 12.0. The van der Waals surface area contributed by atoms with Gasteiger partial charge in [-0.25, -0.2) is 0 Å². The second kappa shape index (κ2) is 15.8. The summed E-state index contributed by atoms with van der Waals surface area (Å²) in [5.74, 6) is -0.971. The van der Waals surface area contributed by atoms with Crippen molar-refractivity contribution in [2.75, 3.05) is 13.1 Å². The fourth-order valence-electron chi connectivity index (χ4n) is 2.11. The van der Waals surface area contributed by atoms with Crippen LogP contribution in [0.1, 0.15) is 90.8 Å². The van der Waals surface area contributed by atoms with Gasteiger partial charge in [0.15, 0.2) is 0 Å². The minimum Gasteiger partial charge on any atom is -0.463 e. The molecule has 0 bridgehead atoms. The molecule has 0 aliphatic rings. The molecule has 0 aromatic carbocycles. The molecule has 1 atom stereocenters. The Hall–Kier alpha value is -0.610.